The maximum absolute atomic E-state index is 11.7. The molecule has 22 aliphatic heterocycles. The van der Waals surface area contributed by atoms with Gasteiger partial charge in [-0.25, -0.2) is 0 Å². The molecule has 22 aliphatic rings. The summed E-state index contributed by atoms with van der Waals surface area (Å²) in [6.07, 6.45) is -56.2. The lowest BCUT2D eigenvalue weighted by molar-refractivity contribution is -0.404. The zero-order valence-electron chi connectivity index (χ0n) is 36.9. The molecule has 0 spiro atoms. The van der Waals surface area contributed by atoms with Gasteiger partial charge in [-0.05, 0) is 6.42 Å². The molecule has 30 heteroatoms. The third-order valence-electron chi connectivity index (χ3n) is 13.2. The number of hydrogen-bond acceptors (Lipinski definition) is 30. The summed E-state index contributed by atoms with van der Waals surface area (Å²) in [5, 5.41) is 187. The third-order valence-corrected chi connectivity index (χ3v) is 13.2. The molecule has 30 nitrogen and oxygen atoms in total. The highest BCUT2D eigenvalue weighted by Gasteiger charge is 2.59. The minimum atomic E-state index is -2.14. The predicted molar refractivity (Wildman–Crippen MR) is 210 cm³/mol. The molecule has 0 aromatic carbocycles. The second-order valence-electron chi connectivity index (χ2n) is 17.7. The zero-order valence-corrected chi connectivity index (χ0v) is 36.9. The number of hydrogen-bond donors (Lipinski definition) is 17. The molecule has 22 heterocycles. The van der Waals surface area contributed by atoms with Gasteiger partial charge in [-0.2, -0.15) is 0 Å². The van der Waals surface area contributed by atoms with Crippen LogP contribution in [0.4, 0.5) is 0 Å². The van der Waals surface area contributed by atoms with E-state index in [4.69, 9.17) is 61.6 Å². The number of rotatable bonds is 9. The van der Waals surface area contributed by atoms with Crippen LogP contribution in [-0.4, -0.2) is 317 Å². The first kappa shape index (κ1) is 55.5. The van der Waals surface area contributed by atoms with Crippen molar-refractivity contribution in [2.75, 3.05) is 46.2 Å². The Balaban J connectivity index is 1.21. The minimum absolute atomic E-state index is 0.0616. The molecule has 22 saturated heterocycles. The van der Waals surface area contributed by atoms with Crippen molar-refractivity contribution >= 4 is 0 Å². The maximum atomic E-state index is 11.7. The van der Waals surface area contributed by atoms with Crippen LogP contribution in [0.5, 0.6) is 0 Å². The number of ether oxygens (including phenoxy) is 13. The summed E-state index contributed by atoms with van der Waals surface area (Å²) >= 11 is 0. The Morgan fingerprint density at radius 2 is 0.478 bits per heavy atom. The maximum Gasteiger partial charge on any atom is 0.187 e. The van der Waals surface area contributed by atoms with Crippen molar-refractivity contribution < 1.29 is 148 Å². The van der Waals surface area contributed by atoms with Crippen LogP contribution in [0.25, 0.3) is 0 Å². The van der Waals surface area contributed by atoms with Gasteiger partial charge in [0.1, 0.15) is 146 Å². The van der Waals surface area contributed by atoms with Crippen molar-refractivity contribution in [3.05, 3.63) is 0 Å². The molecule has 0 unspecified atom stereocenters. The molecule has 12 bridgehead atoms. The molecule has 0 amide bonds. The quantitative estimate of drug-likeness (QED) is 0.102. The van der Waals surface area contributed by atoms with Gasteiger partial charge in [0, 0.05) is 6.61 Å². The summed E-state index contributed by atoms with van der Waals surface area (Å²) < 4.78 is 75.1. The fourth-order valence-corrected chi connectivity index (χ4v) is 9.36. The van der Waals surface area contributed by atoms with Crippen LogP contribution in [-0.2, 0) is 61.6 Å². The van der Waals surface area contributed by atoms with Crippen molar-refractivity contribution in [3.8, 4) is 0 Å². The van der Waals surface area contributed by atoms with E-state index in [1.807, 2.05) is 0 Å². The Morgan fingerprint density at radius 3 is 0.696 bits per heavy atom. The molecule has 0 aliphatic carbocycles. The summed E-state index contributed by atoms with van der Waals surface area (Å²) in [7, 11) is 0. The van der Waals surface area contributed by atoms with Crippen LogP contribution in [0.3, 0.4) is 0 Å². The van der Waals surface area contributed by atoms with Crippen molar-refractivity contribution in [1.82, 2.24) is 0 Å². The molecule has 0 radical (unpaired) electrons. The second-order valence-corrected chi connectivity index (χ2v) is 17.7. The molecule has 0 aromatic rings. The average molecular weight is 1010 g/mol. The van der Waals surface area contributed by atoms with E-state index in [-0.39, 0.29) is 6.61 Å². The van der Waals surface area contributed by atoms with E-state index in [1.165, 1.54) is 0 Å². The minimum Gasteiger partial charge on any atom is -0.394 e. The summed E-state index contributed by atoms with van der Waals surface area (Å²) in [4.78, 5) is 0. The Labute approximate surface area is 392 Å². The van der Waals surface area contributed by atoms with Gasteiger partial charge in [-0.3, -0.25) is 0 Å². The largest absolute Gasteiger partial charge is 0.394 e. The molecule has 17 N–H and O–H groups in total. The van der Waals surface area contributed by atoms with Crippen molar-refractivity contribution in [2.24, 2.45) is 0 Å². The number of aliphatic hydroxyl groups excluding tert-OH is 17. The highest BCUT2D eigenvalue weighted by molar-refractivity contribution is 5.01. The molecular weight excluding hydrogens is 948 g/mol. The van der Waals surface area contributed by atoms with Crippen LogP contribution in [0, 0.1) is 0 Å². The Morgan fingerprint density at radius 1 is 0.275 bits per heavy atom. The van der Waals surface area contributed by atoms with E-state index in [0.29, 0.717) is 6.42 Å². The average Bonchev–Trinajstić information content (AvgIpc) is 3.34. The molecule has 0 aromatic heterocycles. The topological polar surface area (TPSA) is 464 Å². The third kappa shape index (κ3) is 11.1. The Kier molecular flexibility index (Phi) is 19.3. The van der Waals surface area contributed by atoms with Crippen LogP contribution < -0.4 is 0 Å². The van der Waals surface area contributed by atoms with E-state index < -0.39 is 224 Å². The van der Waals surface area contributed by atoms with Gasteiger partial charge in [0.2, 0.25) is 0 Å². The first-order valence-electron chi connectivity index (χ1n) is 22.6. The lowest BCUT2D eigenvalue weighted by atomic mass is 9.94. The fourth-order valence-electron chi connectivity index (χ4n) is 9.36. The molecular formula is C39H66O30. The summed E-state index contributed by atoms with van der Waals surface area (Å²) in [6, 6.07) is 0. The fraction of sp³-hybridized carbons (Fsp3) is 1.00. The SMILES string of the molecule is CCCO[C@@H]1[C@@H](O)[C@H]2O[C@H]3[C@H](O)[C@@H](O)[C@@H](O[C@H]4[C@H](O)[C@@H](O)[C@@H](O[C@H]5[C@H](O)[C@@H](O)[C@@H](O[C@H]6[C@H](O)[C@@H](O)[C@@H](O[C@H]7[C@H](O)[C@@H](O)[C@@H](O[C@H]1[C@@H](CO)O2)O[C@@H]7CO)O[C@@H]6CO)O[C@@H]5CO)O[C@@H]4CO)O[C@@H]3CO. The van der Waals surface area contributed by atoms with Gasteiger partial charge >= 0.3 is 0 Å². The summed E-state index contributed by atoms with van der Waals surface area (Å²) in [6.45, 7) is -4.15. The first-order chi connectivity index (χ1) is 33.0. The molecule has 402 valence electrons. The van der Waals surface area contributed by atoms with Crippen LogP contribution in [0.15, 0.2) is 0 Å². The molecule has 30 atom stereocenters. The lowest BCUT2D eigenvalue weighted by Crippen LogP contribution is -2.69. The lowest BCUT2D eigenvalue weighted by Gasteiger charge is -2.51. The van der Waals surface area contributed by atoms with Crippen molar-refractivity contribution in [2.45, 2.75) is 198 Å². The molecule has 22 fully saturated rings. The molecule has 69 heavy (non-hydrogen) atoms. The van der Waals surface area contributed by atoms with Crippen molar-refractivity contribution in [3.63, 3.8) is 0 Å². The standard InChI is InChI=1S/C39H66O30/c1-2-3-57-33-26(56)39-63-15(9-45)32(33)69-38-25(55)20(50)30(13(7-43)62-38)67-36-23(53)18(48)28(11(5-41)60-36)65-34-21(51)16(46)27(10(4-40)58-34)64-35-22(52)17(47)29(12(6-42)59-35)66-37-24(54)19(49)31(68-39)14(8-44)61-37/h10-56H,2-9H2,1H3/t10-,11-,12-,13-,14-,15-,16-,17-,18-,19-,20-,21-,22-,23-,24-,25-,26-,27-,28-,29-,30-,31-,32+,33-,34-,35-,36-,37-,38-,39-/m1/s1. The van der Waals surface area contributed by atoms with E-state index in [9.17, 15) is 86.8 Å². The predicted octanol–water partition coefficient (Wildman–Crippen LogP) is -11.6. The van der Waals surface area contributed by atoms with Crippen LogP contribution in [0.2, 0.25) is 0 Å². The second kappa shape index (κ2) is 24.0. The Bertz CT molecular complexity index is 1560. The van der Waals surface area contributed by atoms with Gasteiger partial charge in [-0.1, -0.05) is 6.92 Å². The van der Waals surface area contributed by atoms with Crippen LogP contribution >= 0.6 is 0 Å². The molecule has 22 rings (SSSR count). The smallest absolute Gasteiger partial charge is 0.187 e. The zero-order chi connectivity index (χ0) is 50.2. The van der Waals surface area contributed by atoms with Gasteiger partial charge in [-0.15, -0.1) is 0 Å². The highest BCUT2D eigenvalue weighted by Crippen LogP contribution is 2.38. The first-order valence-corrected chi connectivity index (χ1v) is 22.6. The van der Waals surface area contributed by atoms with E-state index in [0.717, 1.165) is 0 Å². The van der Waals surface area contributed by atoms with E-state index in [1.54, 1.807) is 6.92 Å². The van der Waals surface area contributed by atoms with Gasteiger partial charge in [0.15, 0.2) is 37.7 Å². The number of aliphatic hydroxyl groups is 17. The highest BCUT2D eigenvalue weighted by atomic mass is 16.8. The van der Waals surface area contributed by atoms with Crippen molar-refractivity contribution in [1.29, 1.82) is 0 Å². The van der Waals surface area contributed by atoms with E-state index >= 15 is 0 Å². The van der Waals surface area contributed by atoms with E-state index in [2.05, 4.69) is 0 Å². The molecule has 0 saturated carbocycles. The Hall–Kier alpha value is -1.20. The monoisotopic (exact) mass is 1010 g/mol. The summed E-state index contributed by atoms with van der Waals surface area (Å²) in [5.41, 5.74) is 0. The normalized spacial score (nSPS) is 53.5. The summed E-state index contributed by atoms with van der Waals surface area (Å²) in [5.74, 6) is 0. The van der Waals surface area contributed by atoms with Gasteiger partial charge < -0.3 is 148 Å². The van der Waals surface area contributed by atoms with Gasteiger partial charge in [0.25, 0.3) is 0 Å². The van der Waals surface area contributed by atoms with Crippen LogP contribution in [0.1, 0.15) is 13.3 Å². The van der Waals surface area contributed by atoms with Gasteiger partial charge in [0.05, 0.1) is 39.6 Å².